The van der Waals surface area contributed by atoms with Crippen molar-refractivity contribution in [1.29, 1.82) is 0 Å². The molecule has 0 saturated carbocycles. The summed E-state index contributed by atoms with van der Waals surface area (Å²) in [5, 5.41) is 15.9. The van der Waals surface area contributed by atoms with Crippen molar-refractivity contribution in [2.24, 2.45) is 5.41 Å². The summed E-state index contributed by atoms with van der Waals surface area (Å²) in [7, 11) is 0. The fraction of sp³-hybridized carbons (Fsp3) is 0.800. The van der Waals surface area contributed by atoms with Gasteiger partial charge in [0.25, 0.3) is 0 Å². The molecule has 0 radical (unpaired) electrons. The molecule has 3 rings (SSSR count). The summed E-state index contributed by atoms with van der Waals surface area (Å²) < 4.78 is 7.21. The van der Waals surface area contributed by atoms with Crippen molar-refractivity contribution in [3.63, 3.8) is 0 Å². The van der Waals surface area contributed by atoms with Gasteiger partial charge in [-0.25, -0.2) is 0 Å². The van der Waals surface area contributed by atoms with Gasteiger partial charge in [0.1, 0.15) is 6.54 Å². The van der Waals surface area contributed by atoms with Gasteiger partial charge in [-0.05, 0) is 32.8 Å². The van der Waals surface area contributed by atoms with Crippen LogP contribution in [-0.2, 0) is 16.1 Å². The molecule has 3 heterocycles. The number of aliphatic hydroxyl groups is 1. The van der Waals surface area contributed by atoms with Crippen molar-refractivity contribution in [2.75, 3.05) is 45.9 Å². The average molecular weight is 379 g/mol. The van der Waals surface area contributed by atoms with Crippen LogP contribution in [0.15, 0.2) is 0 Å². The van der Waals surface area contributed by atoms with E-state index in [1.165, 1.54) is 0 Å². The van der Waals surface area contributed by atoms with Crippen molar-refractivity contribution in [2.45, 2.75) is 53.2 Å². The molecule has 1 atom stereocenters. The predicted octanol–water partition coefficient (Wildman–Crippen LogP) is 1.13. The normalized spacial score (nSPS) is 26.4. The first-order valence-corrected chi connectivity index (χ1v) is 9.94. The van der Waals surface area contributed by atoms with Gasteiger partial charge >= 0.3 is 0 Å². The summed E-state index contributed by atoms with van der Waals surface area (Å²) in [6.45, 7) is 15.4. The molecule has 1 aromatic rings. The number of carbonyl (C=O) groups excluding carboxylic acids is 1. The van der Waals surface area contributed by atoms with Crippen molar-refractivity contribution in [3.8, 4) is 0 Å². The standard InChI is InChI=1S/C20H34N4O3/c1-15-16(2)21-24(17(15)3)12-18(25)23-7-6-20(26,19(4,5)13-23)14-22-8-10-27-11-9-22/h26H,6-14H2,1-5H3. The van der Waals surface area contributed by atoms with E-state index in [4.69, 9.17) is 4.74 Å². The summed E-state index contributed by atoms with van der Waals surface area (Å²) in [5.74, 6) is 0.0714. The Balaban J connectivity index is 1.65. The summed E-state index contributed by atoms with van der Waals surface area (Å²) in [5.41, 5.74) is 1.99. The quantitative estimate of drug-likeness (QED) is 0.851. The number of rotatable bonds is 4. The second-order valence-corrected chi connectivity index (χ2v) is 8.82. The maximum Gasteiger partial charge on any atom is 0.244 e. The van der Waals surface area contributed by atoms with E-state index >= 15 is 0 Å². The summed E-state index contributed by atoms with van der Waals surface area (Å²) >= 11 is 0. The zero-order valence-electron chi connectivity index (χ0n) is 17.4. The number of hydrogen-bond donors (Lipinski definition) is 1. The van der Waals surface area contributed by atoms with Crippen LogP contribution in [0.4, 0.5) is 0 Å². The number of morpholine rings is 1. The lowest BCUT2D eigenvalue weighted by Crippen LogP contribution is -2.63. The Labute approximate surface area is 162 Å². The average Bonchev–Trinajstić information content (AvgIpc) is 2.85. The largest absolute Gasteiger partial charge is 0.388 e. The Kier molecular flexibility index (Phi) is 5.66. The van der Waals surface area contributed by atoms with Gasteiger partial charge in [0.05, 0.1) is 24.5 Å². The third-order valence-corrected chi connectivity index (χ3v) is 6.61. The number of β-amino-alcohol motifs (C(OH)–C–C–N with tert-alkyl or cyclic N) is 1. The molecular weight excluding hydrogens is 344 g/mol. The van der Waals surface area contributed by atoms with E-state index in [1.54, 1.807) is 4.68 Å². The third kappa shape index (κ3) is 4.05. The highest BCUT2D eigenvalue weighted by Gasteiger charge is 2.49. The molecule has 0 aromatic carbocycles. The number of likely N-dealkylation sites (tertiary alicyclic amines) is 1. The smallest absolute Gasteiger partial charge is 0.244 e. The zero-order valence-corrected chi connectivity index (χ0v) is 17.4. The highest BCUT2D eigenvalue weighted by molar-refractivity contribution is 5.76. The molecule has 1 aromatic heterocycles. The molecule has 1 N–H and O–H groups in total. The van der Waals surface area contributed by atoms with Crippen LogP contribution in [0.1, 0.15) is 37.2 Å². The molecular formula is C20H34N4O3. The molecule has 2 aliphatic heterocycles. The van der Waals surface area contributed by atoms with E-state index in [0.29, 0.717) is 26.1 Å². The van der Waals surface area contributed by atoms with Gasteiger partial charge in [-0.1, -0.05) is 13.8 Å². The first-order valence-electron chi connectivity index (χ1n) is 9.94. The van der Waals surface area contributed by atoms with Crippen molar-refractivity contribution in [3.05, 3.63) is 17.0 Å². The molecule has 0 spiro atoms. The van der Waals surface area contributed by atoms with E-state index in [9.17, 15) is 9.90 Å². The zero-order chi connectivity index (χ0) is 19.8. The lowest BCUT2D eigenvalue weighted by molar-refractivity contribution is -0.158. The van der Waals surface area contributed by atoms with E-state index in [0.717, 1.165) is 43.3 Å². The third-order valence-electron chi connectivity index (χ3n) is 6.61. The molecule has 7 heteroatoms. The van der Waals surface area contributed by atoms with Crippen LogP contribution in [0, 0.1) is 26.2 Å². The molecule has 27 heavy (non-hydrogen) atoms. The molecule has 1 unspecified atom stereocenters. The van der Waals surface area contributed by atoms with E-state index in [2.05, 4.69) is 23.8 Å². The number of amides is 1. The number of hydrogen-bond acceptors (Lipinski definition) is 5. The fourth-order valence-corrected chi connectivity index (χ4v) is 4.17. The lowest BCUT2D eigenvalue weighted by atomic mass is 9.69. The molecule has 2 fully saturated rings. The maximum atomic E-state index is 12.9. The number of ether oxygens (including phenoxy) is 1. The Morgan fingerprint density at radius 1 is 1.19 bits per heavy atom. The maximum absolute atomic E-state index is 12.9. The second-order valence-electron chi connectivity index (χ2n) is 8.82. The fourth-order valence-electron chi connectivity index (χ4n) is 4.17. The van der Waals surface area contributed by atoms with E-state index in [-0.39, 0.29) is 17.9 Å². The highest BCUT2D eigenvalue weighted by Crippen LogP contribution is 2.39. The van der Waals surface area contributed by atoms with Crippen molar-refractivity contribution >= 4 is 5.91 Å². The molecule has 1 amide bonds. The van der Waals surface area contributed by atoms with Crippen LogP contribution in [0.3, 0.4) is 0 Å². The van der Waals surface area contributed by atoms with Crippen LogP contribution >= 0.6 is 0 Å². The van der Waals surface area contributed by atoms with Crippen LogP contribution in [-0.4, -0.2) is 82.1 Å². The Morgan fingerprint density at radius 2 is 1.85 bits per heavy atom. The van der Waals surface area contributed by atoms with E-state index < -0.39 is 5.60 Å². The number of piperidine rings is 1. The molecule has 2 aliphatic rings. The summed E-state index contributed by atoms with van der Waals surface area (Å²) in [6.07, 6.45) is 0.596. The predicted molar refractivity (Wildman–Crippen MR) is 104 cm³/mol. The van der Waals surface area contributed by atoms with Gasteiger partial charge in [-0.2, -0.15) is 5.10 Å². The summed E-state index contributed by atoms with van der Waals surface area (Å²) in [4.78, 5) is 17.1. The first kappa shape index (κ1) is 20.3. The molecule has 0 bridgehead atoms. The van der Waals surface area contributed by atoms with Gasteiger partial charge in [-0.3, -0.25) is 14.4 Å². The van der Waals surface area contributed by atoms with Gasteiger partial charge in [0.2, 0.25) is 5.91 Å². The van der Waals surface area contributed by atoms with Gasteiger partial charge in [-0.15, -0.1) is 0 Å². The topological polar surface area (TPSA) is 70.8 Å². The molecule has 0 aliphatic carbocycles. The van der Waals surface area contributed by atoms with Crippen LogP contribution in [0.2, 0.25) is 0 Å². The summed E-state index contributed by atoms with van der Waals surface area (Å²) in [6, 6.07) is 0. The SMILES string of the molecule is Cc1nn(CC(=O)N2CCC(O)(CN3CCOCC3)C(C)(C)C2)c(C)c1C. The number of aromatic nitrogens is 2. The highest BCUT2D eigenvalue weighted by atomic mass is 16.5. The Bertz CT molecular complexity index is 694. The minimum absolute atomic E-state index is 0.0714. The Hall–Kier alpha value is -1.44. The van der Waals surface area contributed by atoms with Crippen LogP contribution in [0.25, 0.3) is 0 Å². The monoisotopic (exact) mass is 378 g/mol. The van der Waals surface area contributed by atoms with Crippen LogP contribution in [0.5, 0.6) is 0 Å². The number of carbonyl (C=O) groups is 1. The Morgan fingerprint density at radius 3 is 2.41 bits per heavy atom. The van der Waals surface area contributed by atoms with E-state index in [1.807, 2.05) is 25.7 Å². The van der Waals surface area contributed by atoms with Gasteiger partial charge in [0, 0.05) is 43.8 Å². The van der Waals surface area contributed by atoms with Gasteiger partial charge < -0.3 is 14.7 Å². The van der Waals surface area contributed by atoms with Gasteiger partial charge in [0.15, 0.2) is 0 Å². The van der Waals surface area contributed by atoms with Crippen LogP contribution < -0.4 is 0 Å². The number of nitrogens with zero attached hydrogens (tertiary/aromatic N) is 4. The van der Waals surface area contributed by atoms with Crippen molar-refractivity contribution < 1.29 is 14.6 Å². The molecule has 2 saturated heterocycles. The number of aryl methyl sites for hydroxylation is 1. The minimum atomic E-state index is -0.796. The minimum Gasteiger partial charge on any atom is -0.388 e. The van der Waals surface area contributed by atoms with Crippen molar-refractivity contribution in [1.82, 2.24) is 19.6 Å². The second kappa shape index (κ2) is 7.53. The molecule has 152 valence electrons. The lowest BCUT2D eigenvalue weighted by Gasteiger charge is -2.52. The molecule has 7 nitrogen and oxygen atoms in total. The first-order chi connectivity index (χ1) is 12.6.